The Morgan fingerprint density at radius 1 is 1.14 bits per heavy atom. The average Bonchev–Trinajstić information content (AvgIpc) is 3.11. The van der Waals surface area contributed by atoms with Crippen molar-refractivity contribution in [3.8, 4) is 11.1 Å². The molecule has 0 aliphatic heterocycles. The fourth-order valence-corrected chi connectivity index (χ4v) is 3.04. The molecule has 0 bridgehead atoms. The van der Waals surface area contributed by atoms with E-state index in [1.165, 1.54) is 17.9 Å². The van der Waals surface area contributed by atoms with Crippen molar-refractivity contribution in [2.45, 2.75) is 25.9 Å². The fourth-order valence-electron chi connectivity index (χ4n) is 3.04. The summed E-state index contributed by atoms with van der Waals surface area (Å²) >= 11 is 0. The Kier molecular flexibility index (Phi) is 5.79. The predicted molar refractivity (Wildman–Crippen MR) is 108 cm³/mol. The molecule has 1 heterocycles. The van der Waals surface area contributed by atoms with Crippen LogP contribution in [0.1, 0.15) is 41.9 Å². The van der Waals surface area contributed by atoms with E-state index in [9.17, 15) is 13.6 Å². The number of nitrogens with one attached hydrogen (secondary N) is 1. The minimum atomic E-state index is -2.83. The molecule has 1 aromatic heterocycles. The lowest BCUT2D eigenvalue weighted by Crippen LogP contribution is -2.19. The molecule has 0 spiro atoms. The number of carbonyl (C=O) groups is 1. The maximum atomic E-state index is 13.2. The van der Waals surface area contributed by atoms with Crippen LogP contribution in [-0.2, 0) is 17.4 Å². The fraction of sp³-hybridized carbons (Fsp3) is 0.273. The van der Waals surface area contributed by atoms with Crippen LogP contribution in [0.4, 0.5) is 14.5 Å². The van der Waals surface area contributed by atoms with E-state index in [0.29, 0.717) is 5.69 Å². The summed E-state index contributed by atoms with van der Waals surface area (Å²) in [5.41, 5.74) is 2.12. The lowest BCUT2D eigenvalue weighted by Gasteiger charge is -2.23. The molecule has 0 aliphatic carbocycles. The summed E-state index contributed by atoms with van der Waals surface area (Å²) in [6.07, 6.45) is -1.54. The second kappa shape index (κ2) is 8.13. The van der Waals surface area contributed by atoms with Gasteiger partial charge in [-0.3, -0.25) is 9.48 Å². The van der Waals surface area contributed by atoms with Gasteiger partial charge in [0, 0.05) is 31.6 Å². The molecule has 3 aromatic rings. The number of aryl methyl sites for hydroxylation is 1. The molecule has 1 amide bonds. The van der Waals surface area contributed by atoms with Crippen molar-refractivity contribution in [2.75, 3.05) is 12.4 Å². The van der Waals surface area contributed by atoms with E-state index >= 15 is 0 Å². The van der Waals surface area contributed by atoms with Crippen LogP contribution in [0.15, 0.2) is 54.7 Å². The Morgan fingerprint density at radius 3 is 2.41 bits per heavy atom. The number of para-hydroxylation sites is 1. The van der Waals surface area contributed by atoms with Gasteiger partial charge < -0.3 is 10.1 Å². The summed E-state index contributed by atoms with van der Waals surface area (Å²) in [5.74, 6) is -0.627. The highest BCUT2D eigenvalue weighted by molar-refractivity contribution is 6.06. The van der Waals surface area contributed by atoms with Gasteiger partial charge in [0.05, 0.1) is 11.2 Å². The highest BCUT2D eigenvalue weighted by Gasteiger charge is 2.23. The number of ether oxygens (including phenoxy) is 1. The van der Waals surface area contributed by atoms with E-state index in [0.717, 1.165) is 16.7 Å². The first kappa shape index (κ1) is 20.7. The highest BCUT2D eigenvalue weighted by Crippen LogP contribution is 2.31. The monoisotopic (exact) mass is 399 g/mol. The Morgan fingerprint density at radius 2 is 1.79 bits per heavy atom. The van der Waals surface area contributed by atoms with Crippen LogP contribution in [-0.4, -0.2) is 22.8 Å². The van der Waals surface area contributed by atoms with Gasteiger partial charge in [-0.15, -0.1) is 0 Å². The number of methoxy groups -OCH3 is 1. The van der Waals surface area contributed by atoms with E-state index in [1.54, 1.807) is 19.2 Å². The minimum Gasteiger partial charge on any atom is -0.374 e. The number of aromatic nitrogens is 2. The smallest absolute Gasteiger partial charge is 0.282 e. The van der Waals surface area contributed by atoms with Crippen LogP contribution in [0.3, 0.4) is 0 Å². The topological polar surface area (TPSA) is 56.1 Å². The molecule has 2 aromatic carbocycles. The third-order valence-corrected chi connectivity index (χ3v) is 4.89. The highest BCUT2D eigenvalue weighted by atomic mass is 19.3. The number of hydrogen-bond acceptors (Lipinski definition) is 3. The standard InChI is InChI=1S/C22H23F2N3O2/c1-22(2,29-4)15-11-9-14(10-12-15)16-7-5-6-8-18(16)25-21(28)17-13-27(3)26-19(17)20(23)24/h5-13,20H,1-4H3,(H,25,28). The molecule has 3 rings (SSSR count). The molecule has 152 valence electrons. The third-order valence-electron chi connectivity index (χ3n) is 4.89. The first-order chi connectivity index (χ1) is 13.7. The van der Waals surface area contributed by atoms with E-state index in [1.807, 2.05) is 50.2 Å². The van der Waals surface area contributed by atoms with Gasteiger partial charge in [-0.25, -0.2) is 8.78 Å². The summed E-state index contributed by atoms with van der Waals surface area (Å²) in [4.78, 5) is 12.6. The summed E-state index contributed by atoms with van der Waals surface area (Å²) in [6.45, 7) is 3.95. The van der Waals surface area contributed by atoms with Crippen molar-refractivity contribution >= 4 is 11.6 Å². The van der Waals surface area contributed by atoms with Crippen LogP contribution in [0, 0.1) is 0 Å². The quantitative estimate of drug-likeness (QED) is 0.623. The summed E-state index contributed by atoms with van der Waals surface area (Å²) < 4.78 is 33.1. The minimum absolute atomic E-state index is 0.144. The SMILES string of the molecule is COC(C)(C)c1ccc(-c2ccccc2NC(=O)c2cn(C)nc2C(F)F)cc1. The molecule has 0 radical (unpaired) electrons. The molecule has 0 saturated carbocycles. The van der Waals surface area contributed by atoms with Gasteiger partial charge in [0.1, 0.15) is 5.69 Å². The number of carbonyl (C=O) groups excluding carboxylic acids is 1. The van der Waals surface area contributed by atoms with Crippen LogP contribution >= 0.6 is 0 Å². The summed E-state index contributed by atoms with van der Waals surface area (Å²) in [5, 5.41) is 6.43. The van der Waals surface area contributed by atoms with Crippen LogP contribution in [0.2, 0.25) is 0 Å². The second-order valence-corrected chi connectivity index (χ2v) is 7.19. The Balaban J connectivity index is 1.91. The first-order valence-corrected chi connectivity index (χ1v) is 9.11. The molecule has 29 heavy (non-hydrogen) atoms. The number of benzene rings is 2. The van der Waals surface area contributed by atoms with Crippen LogP contribution in [0.5, 0.6) is 0 Å². The Labute approximate surface area is 168 Å². The summed E-state index contributed by atoms with van der Waals surface area (Å²) in [7, 11) is 3.16. The van der Waals surface area contributed by atoms with Gasteiger partial charge in [-0.05, 0) is 31.0 Å². The van der Waals surface area contributed by atoms with Crippen molar-refractivity contribution in [1.29, 1.82) is 0 Å². The number of hydrogen-bond donors (Lipinski definition) is 1. The van der Waals surface area contributed by atoms with E-state index in [4.69, 9.17) is 4.74 Å². The zero-order valence-electron chi connectivity index (χ0n) is 16.7. The van der Waals surface area contributed by atoms with Gasteiger partial charge in [0.15, 0.2) is 0 Å². The molecule has 0 atom stereocenters. The molecular weight excluding hydrogens is 376 g/mol. The molecule has 0 fully saturated rings. The number of rotatable bonds is 6. The van der Waals surface area contributed by atoms with Crippen LogP contribution in [0.25, 0.3) is 11.1 Å². The maximum Gasteiger partial charge on any atom is 0.282 e. The van der Waals surface area contributed by atoms with Crippen LogP contribution < -0.4 is 5.32 Å². The Hall–Kier alpha value is -3.06. The maximum absolute atomic E-state index is 13.2. The van der Waals surface area contributed by atoms with E-state index in [-0.39, 0.29) is 5.56 Å². The number of halogens is 2. The summed E-state index contributed by atoms with van der Waals surface area (Å²) in [6, 6.07) is 15.0. The molecular formula is C22H23F2N3O2. The lowest BCUT2D eigenvalue weighted by atomic mass is 9.95. The second-order valence-electron chi connectivity index (χ2n) is 7.19. The number of alkyl halides is 2. The van der Waals surface area contributed by atoms with Gasteiger partial charge >= 0.3 is 0 Å². The number of amides is 1. The van der Waals surface area contributed by atoms with Gasteiger partial charge in [0.25, 0.3) is 12.3 Å². The number of anilines is 1. The average molecular weight is 399 g/mol. The zero-order chi connectivity index (χ0) is 21.2. The van der Waals surface area contributed by atoms with Gasteiger partial charge in [0.2, 0.25) is 0 Å². The van der Waals surface area contributed by atoms with E-state index in [2.05, 4.69) is 10.4 Å². The molecule has 7 heteroatoms. The van der Waals surface area contributed by atoms with Crippen molar-refractivity contribution in [2.24, 2.45) is 7.05 Å². The predicted octanol–water partition coefficient (Wildman–Crippen LogP) is 5.16. The molecule has 1 N–H and O–H groups in total. The molecule has 0 unspecified atom stereocenters. The zero-order valence-corrected chi connectivity index (χ0v) is 16.7. The third kappa shape index (κ3) is 4.35. The largest absolute Gasteiger partial charge is 0.374 e. The van der Waals surface area contributed by atoms with Gasteiger partial charge in [-0.2, -0.15) is 5.10 Å². The Bertz CT molecular complexity index is 1010. The van der Waals surface area contributed by atoms with Crippen molar-refractivity contribution in [1.82, 2.24) is 9.78 Å². The normalized spacial score (nSPS) is 11.7. The van der Waals surface area contributed by atoms with Crippen molar-refractivity contribution in [3.63, 3.8) is 0 Å². The molecule has 5 nitrogen and oxygen atoms in total. The lowest BCUT2D eigenvalue weighted by molar-refractivity contribution is 0.0192. The molecule has 0 saturated heterocycles. The number of nitrogens with zero attached hydrogens (tertiary/aromatic N) is 2. The first-order valence-electron chi connectivity index (χ1n) is 9.11. The molecule has 0 aliphatic rings. The van der Waals surface area contributed by atoms with Gasteiger partial charge in [-0.1, -0.05) is 42.5 Å². The van der Waals surface area contributed by atoms with Crippen molar-refractivity contribution in [3.05, 3.63) is 71.5 Å². The van der Waals surface area contributed by atoms with Crippen molar-refractivity contribution < 1.29 is 18.3 Å². The van der Waals surface area contributed by atoms with E-state index < -0.39 is 23.6 Å².